The Morgan fingerprint density at radius 3 is 2.61 bits per heavy atom. The average Bonchev–Trinajstić information content (AvgIpc) is 2.89. The summed E-state index contributed by atoms with van der Waals surface area (Å²) in [6, 6.07) is 14.8. The van der Waals surface area contributed by atoms with Crippen LogP contribution in [0.15, 0.2) is 65.3 Å². The fraction of sp³-hybridized carbons (Fsp3) is 0.250. The van der Waals surface area contributed by atoms with Gasteiger partial charge in [-0.05, 0) is 19.1 Å². The van der Waals surface area contributed by atoms with Gasteiger partial charge in [-0.3, -0.25) is 0 Å². The lowest BCUT2D eigenvalue weighted by Gasteiger charge is -2.13. The molecule has 2 nitrogen and oxygen atoms in total. The van der Waals surface area contributed by atoms with Crippen LogP contribution in [-0.2, 0) is 6.54 Å². The Labute approximate surface area is 108 Å². The van der Waals surface area contributed by atoms with Crippen LogP contribution in [0.4, 0.5) is 0 Å². The normalized spacial score (nSPS) is 12.3. The molecule has 2 heteroatoms. The zero-order chi connectivity index (χ0) is 12.8. The summed E-state index contributed by atoms with van der Waals surface area (Å²) in [5, 5.41) is 2.31. The molecule has 0 aliphatic carbocycles. The third-order valence-electron chi connectivity index (χ3n) is 2.96. The van der Waals surface area contributed by atoms with E-state index in [1.54, 1.807) is 6.26 Å². The minimum atomic E-state index is 0.317. The highest BCUT2D eigenvalue weighted by Gasteiger charge is 2.17. The molecule has 0 radical (unpaired) electrons. The van der Waals surface area contributed by atoms with Crippen molar-refractivity contribution in [3.8, 4) is 0 Å². The summed E-state index contributed by atoms with van der Waals surface area (Å²) >= 11 is 0. The summed E-state index contributed by atoms with van der Waals surface area (Å²) in [5.74, 6) is 1.02. The van der Waals surface area contributed by atoms with Gasteiger partial charge >= 0.3 is 0 Å². The van der Waals surface area contributed by atoms with Crippen LogP contribution >= 0.6 is 0 Å². The van der Waals surface area contributed by atoms with Crippen LogP contribution in [0.3, 0.4) is 0 Å². The molecule has 94 valence electrons. The second-order valence-electron chi connectivity index (χ2n) is 4.71. The van der Waals surface area contributed by atoms with Gasteiger partial charge in [0.2, 0.25) is 0 Å². The van der Waals surface area contributed by atoms with E-state index in [1.807, 2.05) is 18.2 Å². The molecular weight excluding hydrogens is 222 g/mol. The van der Waals surface area contributed by atoms with Gasteiger partial charge in [-0.2, -0.15) is 0 Å². The van der Waals surface area contributed by atoms with E-state index in [2.05, 4.69) is 43.1 Å². The Balaban J connectivity index is 2.00. The molecule has 1 atom stereocenters. The van der Waals surface area contributed by atoms with Crippen molar-refractivity contribution in [1.29, 1.82) is 0 Å². The molecule has 0 aliphatic rings. The smallest absolute Gasteiger partial charge is 0.161 e. The molecule has 18 heavy (non-hydrogen) atoms. The second kappa shape index (κ2) is 6.22. The number of nitrogens with two attached hydrogens (primary N) is 1. The first-order valence-corrected chi connectivity index (χ1v) is 6.31. The SMILES string of the molecule is C=C(C)C[C@@H]([NH2+]Cc1ccccc1)c1ccco1. The van der Waals surface area contributed by atoms with E-state index < -0.39 is 0 Å². The van der Waals surface area contributed by atoms with Gasteiger partial charge in [0, 0.05) is 12.0 Å². The van der Waals surface area contributed by atoms with Gasteiger partial charge in [0.25, 0.3) is 0 Å². The van der Waals surface area contributed by atoms with Gasteiger partial charge in [-0.25, -0.2) is 0 Å². The molecule has 1 aromatic heterocycles. The molecule has 0 saturated heterocycles. The molecule has 1 aromatic carbocycles. The van der Waals surface area contributed by atoms with Crippen molar-refractivity contribution in [1.82, 2.24) is 0 Å². The molecule has 2 rings (SSSR count). The highest BCUT2D eigenvalue weighted by Crippen LogP contribution is 2.16. The first-order chi connectivity index (χ1) is 8.75. The molecule has 2 aromatic rings. The molecule has 0 spiro atoms. The van der Waals surface area contributed by atoms with E-state index in [1.165, 1.54) is 11.1 Å². The molecule has 0 bridgehead atoms. The van der Waals surface area contributed by atoms with Gasteiger partial charge < -0.3 is 9.73 Å². The van der Waals surface area contributed by atoms with Gasteiger partial charge in [0.1, 0.15) is 12.6 Å². The molecule has 2 N–H and O–H groups in total. The third-order valence-corrected chi connectivity index (χ3v) is 2.96. The lowest BCUT2D eigenvalue weighted by Crippen LogP contribution is -2.83. The number of furan rings is 1. The van der Waals surface area contributed by atoms with E-state index >= 15 is 0 Å². The summed E-state index contributed by atoms with van der Waals surface area (Å²) in [5.41, 5.74) is 2.51. The van der Waals surface area contributed by atoms with Crippen molar-refractivity contribution >= 4 is 0 Å². The van der Waals surface area contributed by atoms with Gasteiger partial charge in [-0.1, -0.05) is 42.5 Å². The van der Waals surface area contributed by atoms with Crippen LogP contribution < -0.4 is 5.32 Å². The monoisotopic (exact) mass is 242 g/mol. The van der Waals surface area contributed by atoms with E-state index in [-0.39, 0.29) is 0 Å². The van der Waals surface area contributed by atoms with E-state index in [0.717, 1.165) is 18.7 Å². The maximum absolute atomic E-state index is 5.51. The van der Waals surface area contributed by atoms with Crippen molar-refractivity contribution in [2.75, 3.05) is 0 Å². The van der Waals surface area contributed by atoms with Crippen LogP contribution in [0.1, 0.15) is 30.7 Å². The molecule has 0 unspecified atom stereocenters. The van der Waals surface area contributed by atoms with E-state index in [9.17, 15) is 0 Å². The second-order valence-corrected chi connectivity index (χ2v) is 4.71. The van der Waals surface area contributed by atoms with Crippen LogP contribution in [0, 0.1) is 0 Å². The van der Waals surface area contributed by atoms with Crippen LogP contribution in [-0.4, -0.2) is 0 Å². The fourth-order valence-corrected chi connectivity index (χ4v) is 2.07. The molecule has 0 fully saturated rings. The highest BCUT2D eigenvalue weighted by atomic mass is 16.3. The number of quaternary nitrogens is 1. The Morgan fingerprint density at radius 1 is 1.22 bits per heavy atom. The Kier molecular flexibility index (Phi) is 4.37. The summed E-state index contributed by atoms with van der Waals surface area (Å²) in [7, 11) is 0. The summed E-state index contributed by atoms with van der Waals surface area (Å²) in [6.45, 7) is 7.02. The zero-order valence-electron chi connectivity index (χ0n) is 10.8. The van der Waals surface area contributed by atoms with Crippen molar-refractivity contribution in [3.05, 3.63) is 72.2 Å². The van der Waals surface area contributed by atoms with E-state index in [0.29, 0.717) is 6.04 Å². The number of benzene rings is 1. The number of hydrogen-bond donors (Lipinski definition) is 1. The minimum Gasteiger partial charge on any atom is -0.463 e. The number of hydrogen-bond acceptors (Lipinski definition) is 1. The molecule has 0 aliphatic heterocycles. The van der Waals surface area contributed by atoms with Crippen LogP contribution in [0.25, 0.3) is 0 Å². The summed E-state index contributed by atoms with van der Waals surface area (Å²) < 4.78 is 5.51. The topological polar surface area (TPSA) is 29.8 Å². The Hall–Kier alpha value is -1.80. The van der Waals surface area contributed by atoms with Crippen molar-refractivity contribution < 1.29 is 9.73 Å². The van der Waals surface area contributed by atoms with Crippen LogP contribution in [0.2, 0.25) is 0 Å². The summed E-state index contributed by atoms with van der Waals surface area (Å²) in [4.78, 5) is 0. The Morgan fingerprint density at radius 2 is 2.00 bits per heavy atom. The molecule has 0 amide bonds. The fourth-order valence-electron chi connectivity index (χ4n) is 2.07. The van der Waals surface area contributed by atoms with Gasteiger partial charge in [0.05, 0.1) is 6.26 Å². The summed E-state index contributed by atoms with van der Waals surface area (Å²) in [6.07, 6.45) is 2.68. The Bertz CT molecular complexity index is 473. The highest BCUT2D eigenvalue weighted by molar-refractivity contribution is 5.13. The minimum absolute atomic E-state index is 0.317. The first kappa shape index (κ1) is 12.7. The molecule has 1 heterocycles. The number of rotatable bonds is 6. The maximum atomic E-state index is 5.51. The van der Waals surface area contributed by atoms with Gasteiger partial charge in [0.15, 0.2) is 5.76 Å². The van der Waals surface area contributed by atoms with E-state index in [4.69, 9.17) is 4.42 Å². The average molecular weight is 242 g/mol. The standard InChI is InChI=1S/C16H19NO/c1-13(2)11-15(16-9-6-10-18-16)17-12-14-7-4-3-5-8-14/h3-10,15,17H,1,11-12H2,2H3/p+1/t15-/m1/s1. The predicted octanol–water partition coefficient (Wildman–Crippen LogP) is 3.05. The zero-order valence-corrected chi connectivity index (χ0v) is 10.8. The van der Waals surface area contributed by atoms with Crippen molar-refractivity contribution in [2.45, 2.75) is 25.9 Å². The molecular formula is C16H20NO+. The molecule has 0 saturated carbocycles. The third kappa shape index (κ3) is 3.60. The lowest BCUT2D eigenvalue weighted by atomic mass is 10.1. The largest absolute Gasteiger partial charge is 0.463 e. The first-order valence-electron chi connectivity index (χ1n) is 6.31. The van der Waals surface area contributed by atoms with Crippen molar-refractivity contribution in [2.24, 2.45) is 0 Å². The quantitative estimate of drug-likeness (QED) is 0.775. The predicted molar refractivity (Wildman–Crippen MR) is 73.0 cm³/mol. The van der Waals surface area contributed by atoms with Crippen LogP contribution in [0.5, 0.6) is 0 Å². The van der Waals surface area contributed by atoms with Gasteiger partial charge in [-0.15, -0.1) is 0 Å². The van der Waals surface area contributed by atoms with Crippen molar-refractivity contribution in [3.63, 3.8) is 0 Å². The maximum Gasteiger partial charge on any atom is 0.161 e. The lowest BCUT2D eigenvalue weighted by molar-refractivity contribution is -0.712.